The van der Waals surface area contributed by atoms with Crippen molar-refractivity contribution >= 4 is 0 Å². The summed E-state index contributed by atoms with van der Waals surface area (Å²) in [6.45, 7) is 9.72. The zero-order chi connectivity index (χ0) is 14.5. The van der Waals surface area contributed by atoms with Crippen molar-refractivity contribution in [2.24, 2.45) is 0 Å². The highest BCUT2D eigenvalue weighted by Crippen LogP contribution is 2.18. The van der Waals surface area contributed by atoms with Gasteiger partial charge in [-0.3, -0.25) is 0 Å². The van der Waals surface area contributed by atoms with Crippen molar-refractivity contribution in [2.45, 2.75) is 46.7 Å². The molecule has 0 saturated heterocycles. The predicted molar refractivity (Wildman–Crippen MR) is 87.0 cm³/mol. The van der Waals surface area contributed by atoms with E-state index in [-0.39, 0.29) is 0 Å². The molecule has 20 heavy (non-hydrogen) atoms. The molecular weight excluding hydrogens is 242 g/mol. The van der Waals surface area contributed by atoms with Gasteiger partial charge in [-0.2, -0.15) is 0 Å². The number of rotatable bonds is 5. The summed E-state index contributed by atoms with van der Waals surface area (Å²) >= 11 is 0. The minimum atomic E-state index is 0.374. The Morgan fingerprint density at radius 3 is 2.30 bits per heavy atom. The summed E-state index contributed by atoms with van der Waals surface area (Å²) < 4.78 is 0. The van der Waals surface area contributed by atoms with E-state index in [1.54, 1.807) is 0 Å². The predicted octanol–water partition coefficient (Wildman–Crippen LogP) is 4.72. The fraction of sp³-hybridized carbons (Fsp3) is 0.368. The van der Waals surface area contributed by atoms with Crippen LogP contribution in [0.1, 0.15) is 47.7 Å². The second-order valence-corrected chi connectivity index (χ2v) is 5.57. The second-order valence-electron chi connectivity index (χ2n) is 5.57. The summed E-state index contributed by atoms with van der Waals surface area (Å²) in [5.41, 5.74) is 6.93. The highest BCUT2D eigenvalue weighted by molar-refractivity contribution is 5.32. The number of benzene rings is 2. The molecule has 1 heteroatoms. The van der Waals surface area contributed by atoms with E-state index in [1.165, 1.54) is 27.8 Å². The van der Waals surface area contributed by atoms with Gasteiger partial charge in [0.1, 0.15) is 0 Å². The molecule has 0 aliphatic carbocycles. The van der Waals surface area contributed by atoms with Crippen LogP contribution >= 0.6 is 0 Å². The quantitative estimate of drug-likeness (QED) is 0.826. The minimum absolute atomic E-state index is 0.374. The molecule has 0 bridgehead atoms. The Morgan fingerprint density at radius 2 is 1.65 bits per heavy atom. The van der Waals surface area contributed by atoms with Crippen molar-refractivity contribution in [1.29, 1.82) is 0 Å². The molecule has 0 radical (unpaired) electrons. The molecular formula is C19H25N. The third-order valence-electron chi connectivity index (χ3n) is 4.13. The Kier molecular flexibility index (Phi) is 4.97. The minimum Gasteiger partial charge on any atom is -0.306 e. The number of nitrogens with one attached hydrogen (secondary N) is 1. The Labute approximate surface area is 123 Å². The summed E-state index contributed by atoms with van der Waals surface area (Å²) in [5, 5.41) is 3.64. The molecule has 106 valence electrons. The van der Waals surface area contributed by atoms with Crippen LogP contribution in [0, 0.1) is 13.8 Å². The molecule has 0 amide bonds. The molecule has 2 rings (SSSR count). The third kappa shape index (κ3) is 3.49. The van der Waals surface area contributed by atoms with E-state index in [2.05, 4.69) is 75.5 Å². The lowest BCUT2D eigenvalue weighted by Crippen LogP contribution is -2.19. The monoisotopic (exact) mass is 267 g/mol. The molecule has 2 aromatic carbocycles. The first-order valence-electron chi connectivity index (χ1n) is 7.49. The smallest absolute Gasteiger partial charge is 0.0295 e. The van der Waals surface area contributed by atoms with E-state index in [1.807, 2.05) is 0 Å². The van der Waals surface area contributed by atoms with Gasteiger partial charge in [0.2, 0.25) is 0 Å². The summed E-state index contributed by atoms with van der Waals surface area (Å²) in [6, 6.07) is 15.8. The maximum absolute atomic E-state index is 3.64. The molecule has 0 spiro atoms. The molecule has 0 aromatic heterocycles. The third-order valence-corrected chi connectivity index (χ3v) is 4.13. The first-order chi connectivity index (χ1) is 9.61. The van der Waals surface area contributed by atoms with Crippen LogP contribution in [0.3, 0.4) is 0 Å². The van der Waals surface area contributed by atoms with Crippen LogP contribution in [-0.4, -0.2) is 0 Å². The van der Waals surface area contributed by atoms with Crippen LogP contribution in [0.15, 0.2) is 42.5 Å². The molecule has 0 saturated carbocycles. The maximum Gasteiger partial charge on any atom is 0.0295 e. The summed E-state index contributed by atoms with van der Waals surface area (Å²) in [5.74, 6) is 0. The average Bonchev–Trinajstić information content (AvgIpc) is 2.47. The van der Waals surface area contributed by atoms with Crippen molar-refractivity contribution in [3.63, 3.8) is 0 Å². The van der Waals surface area contributed by atoms with Crippen LogP contribution in [0.4, 0.5) is 0 Å². The van der Waals surface area contributed by atoms with E-state index in [9.17, 15) is 0 Å². The SMILES string of the molecule is CCc1ccccc1CNC(C)c1ccc(C)c(C)c1. The van der Waals surface area contributed by atoms with Gasteiger partial charge < -0.3 is 5.32 Å². The second kappa shape index (κ2) is 6.71. The molecule has 2 aromatic rings. The largest absolute Gasteiger partial charge is 0.306 e. The highest BCUT2D eigenvalue weighted by Gasteiger charge is 2.07. The van der Waals surface area contributed by atoms with Gasteiger partial charge in [-0.15, -0.1) is 0 Å². The molecule has 0 aliphatic heterocycles. The van der Waals surface area contributed by atoms with E-state index in [0.29, 0.717) is 6.04 Å². The van der Waals surface area contributed by atoms with E-state index in [4.69, 9.17) is 0 Å². The summed E-state index contributed by atoms with van der Waals surface area (Å²) in [4.78, 5) is 0. The van der Waals surface area contributed by atoms with Crippen molar-refractivity contribution < 1.29 is 0 Å². The van der Waals surface area contributed by atoms with Crippen LogP contribution in [0.25, 0.3) is 0 Å². The average molecular weight is 267 g/mol. The Balaban J connectivity index is 2.04. The van der Waals surface area contributed by atoms with Gasteiger partial charge in [0.15, 0.2) is 0 Å². The van der Waals surface area contributed by atoms with Crippen LogP contribution in [-0.2, 0) is 13.0 Å². The normalized spacial score (nSPS) is 12.4. The van der Waals surface area contributed by atoms with Gasteiger partial charge in [-0.05, 0) is 55.0 Å². The van der Waals surface area contributed by atoms with E-state index in [0.717, 1.165) is 13.0 Å². The lowest BCUT2D eigenvalue weighted by Gasteiger charge is -2.17. The topological polar surface area (TPSA) is 12.0 Å². The summed E-state index contributed by atoms with van der Waals surface area (Å²) in [6.07, 6.45) is 1.09. The first kappa shape index (κ1) is 14.8. The number of hydrogen-bond donors (Lipinski definition) is 1. The zero-order valence-corrected chi connectivity index (χ0v) is 13.0. The van der Waals surface area contributed by atoms with Crippen LogP contribution in [0.5, 0.6) is 0 Å². The van der Waals surface area contributed by atoms with Gasteiger partial charge in [-0.25, -0.2) is 0 Å². The van der Waals surface area contributed by atoms with Crippen LogP contribution < -0.4 is 5.32 Å². The Bertz CT molecular complexity index is 572. The molecule has 0 fully saturated rings. The van der Waals surface area contributed by atoms with E-state index < -0.39 is 0 Å². The lowest BCUT2D eigenvalue weighted by atomic mass is 10.0. The molecule has 0 aliphatic rings. The van der Waals surface area contributed by atoms with Crippen LogP contribution in [0.2, 0.25) is 0 Å². The van der Waals surface area contributed by atoms with Gasteiger partial charge in [0.05, 0.1) is 0 Å². The molecule has 1 atom stereocenters. The fourth-order valence-corrected chi connectivity index (χ4v) is 2.49. The number of aryl methyl sites for hydroxylation is 3. The Morgan fingerprint density at radius 1 is 0.950 bits per heavy atom. The van der Waals surface area contributed by atoms with Crippen molar-refractivity contribution in [3.05, 3.63) is 70.3 Å². The van der Waals surface area contributed by atoms with Gasteiger partial charge >= 0.3 is 0 Å². The van der Waals surface area contributed by atoms with Crippen molar-refractivity contribution in [1.82, 2.24) is 5.32 Å². The first-order valence-corrected chi connectivity index (χ1v) is 7.49. The van der Waals surface area contributed by atoms with Crippen molar-refractivity contribution in [3.8, 4) is 0 Å². The highest BCUT2D eigenvalue weighted by atomic mass is 14.9. The summed E-state index contributed by atoms with van der Waals surface area (Å²) in [7, 11) is 0. The molecule has 0 heterocycles. The standard InChI is InChI=1S/C19H25N/c1-5-17-8-6-7-9-19(17)13-20-16(4)18-11-10-14(2)15(3)12-18/h6-12,16,20H,5,13H2,1-4H3. The molecule has 1 unspecified atom stereocenters. The lowest BCUT2D eigenvalue weighted by molar-refractivity contribution is 0.572. The molecule has 1 N–H and O–H groups in total. The fourth-order valence-electron chi connectivity index (χ4n) is 2.49. The van der Waals surface area contributed by atoms with Gasteiger partial charge in [-0.1, -0.05) is 49.4 Å². The zero-order valence-electron chi connectivity index (χ0n) is 13.0. The van der Waals surface area contributed by atoms with Crippen molar-refractivity contribution in [2.75, 3.05) is 0 Å². The maximum atomic E-state index is 3.64. The van der Waals surface area contributed by atoms with Gasteiger partial charge in [0.25, 0.3) is 0 Å². The molecule has 1 nitrogen and oxygen atoms in total. The number of hydrogen-bond acceptors (Lipinski definition) is 1. The Hall–Kier alpha value is -1.60. The van der Waals surface area contributed by atoms with Gasteiger partial charge in [0, 0.05) is 12.6 Å². The van der Waals surface area contributed by atoms with E-state index >= 15 is 0 Å².